The number of benzene rings is 1. The first-order valence-electron chi connectivity index (χ1n) is 5.07. The van der Waals surface area contributed by atoms with Gasteiger partial charge in [0.1, 0.15) is 12.4 Å². The maximum atomic E-state index is 11.7. The summed E-state index contributed by atoms with van der Waals surface area (Å²) >= 11 is 0. The van der Waals surface area contributed by atoms with Crippen LogP contribution in [0, 0.1) is 6.92 Å². The van der Waals surface area contributed by atoms with Gasteiger partial charge in [-0.05, 0) is 19.1 Å². The van der Waals surface area contributed by atoms with Crippen molar-refractivity contribution < 1.29 is 13.5 Å². The van der Waals surface area contributed by atoms with Crippen molar-refractivity contribution >= 4 is 0 Å². The van der Waals surface area contributed by atoms with Gasteiger partial charge >= 0.3 is 0 Å². The van der Waals surface area contributed by atoms with E-state index >= 15 is 0 Å². The molecule has 15 heavy (non-hydrogen) atoms. The third kappa shape index (κ3) is 7.91. The topological polar surface area (TPSA) is 9.23 Å². The van der Waals surface area contributed by atoms with Crippen LogP contribution in [-0.4, -0.2) is 13.0 Å². The molecule has 0 N–H and O–H groups in total. The van der Waals surface area contributed by atoms with Crippen molar-refractivity contribution in [3.63, 3.8) is 0 Å². The highest BCUT2D eigenvalue weighted by atomic mass is 19.3. The van der Waals surface area contributed by atoms with Gasteiger partial charge in [-0.3, -0.25) is 0 Å². The van der Waals surface area contributed by atoms with Gasteiger partial charge in [0.2, 0.25) is 0 Å². The van der Waals surface area contributed by atoms with Crippen LogP contribution in [0.15, 0.2) is 24.3 Å². The Morgan fingerprint density at radius 3 is 2.00 bits per heavy atom. The highest BCUT2D eigenvalue weighted by Crippen LogP contribution is 2.11. The standard InChI is InChI=1S/C9H10F2O.C3H8/c1-7-2-4-8(5-3-7)12-6-9(10)11;1-3-2/h2-5,9H,6H2,1H3;3H2,1-2H3. The summed E-state index contributed by atoms with van der Waals surface area (Å²) < 4.78 is 28.1. The van der Waals surface area contributed by atoms with E-state index in [9.17, 15) is 8.78 Å². The van der Waals surface area contributed by atoms with E-state index in [-0.39, 0.29) is 0 Å². The fourth-order valence-electron chi connectivity index (χ4n) is 0.794. The lowest BCUT2D eigenvalue weighted by molar-refractivity contribution is 0.0819. The average Bonchev–Trinajstić information content (AvgIpc) is 2.18. The van der Waals surface area contributed by atoms with E-state index in [4.69, 9.17) is 4.74 Å². The fourth-order valence-corrected chi connectivity index (χ4v) is 0.794. The zero-order chi connectivity index (χ0) is 11.7. The summed E-state index contributed by atoms with van der Waals surface area (Å²) in [6, 6.07) is 7.00. The molecule has 0 amide bonds. The molecule has 86 valence electrons. The third-order valence-corrected chi connectivity index (χ3v) is 1.40. The van der Waals surface area contributed by atoms with Crippen LogP contribution in [-0.2, 0) is 0 Å². The Kier molecular flexibility index (Phi) is 7.60. The van der Waals surface area contributed by atoms with Gasteiger partial charge in [-0.1, -0.05) is 38.0 Å². The van der Waals surface area contributed by atoms with E-state index in [1.165, 1.54) is 6.42 Å². The average molecular weight is 216 g/mol. The number of rotatable bonds is 3. The normalized spacial score (nSPS) is 9.47. The molecule has 0 aromatic heterocycles. The second kappa shape index (κ2) is 8.21. The van der Waals surface area contributed by atoms with Gasteiger partial charge in [0.15, 0.2) is 0 Å². The first kappa shape index (κ1) is 13.9. The van der Waals surface area contributed by atoms with Crippen molar-refractivity contribution in [2.75, 3.05) is 6.61 Å². The molecule has 0 aliphatic heterocycles. The number of hydrogen-bond acceptors (Lipinski definition) is 1. The molecular weight excluding hydrogens is 198 g/mol. The maximum absolute atomic E-state index is 11.7. The van der Waals surface area contributed by atoms with Crippen molar-refractivity contribution in [3.8, 4) is 5.75 Å². The monoisotopic (exact) mass is 216 g/mol. The Bertz CT molecular complexity index is 244. The van der Waals surface area contributed by atoms with E-state index in [2.05, 4.69) is 13.8 Å². The lowest BCUT2D eigenvalue weighted by Gasteiger charge is -2.04. The van der Waals surface area contributed by atoms with Gasteiger partial charge < -0.3 is 4.74 Å². The minimum atomic E-state index is -2.41. The van der Waals surface area contributed by atoms with Crippen LogP contribution in [0.4, 0.5) is 8.78 Å². The summed E-state index contributed by atoms with van der Waals surface area (Å²) in [6.07, 6.45) is -1.16. The smallest absolute Gasteiger partial charge is 0.272 e. The van der Waals surface area contributed by atoms with Crippen molar-refractivity contribution in [2.45, 2.75) is 33.6 Å². The molecule has 1 aromatic rings. The highest BCUT2D eigenvalue weighted by molar-refractivity contribution is 5.26. The summed E-state index contributed by atoms with van der Waals surface area (Å²) in [5.74, 6) is 0.487. The van der Waals surface area contributed by atoms with Gasteiger partial charge in [-0.15, -0.1) is 0 Å². The van der Waals surface area contributed by atoms with Crippen LogP contribution in [0.2, 0.25) is 0 Å². The summed E-state index contributed by atoms with van der Waals surface area (Å²) in [6.45, 7) is 5.64. The van der Waals surface area contributed by atoms with Crippen LogP contribution in [0.25, 0.3) is 0 Å². The molecule has 3 heteroatoms. The zero-order valence-corrected chi connectivity index (χ0v) is 9.47. The van der Waals surface area contributed by atoms with Crippen LogP contribution >= 0.6 is 0 Å². The lowest BCUT2D eigenvalue weighted by Crippen LogP contribution is -2.06. The Hall–Kier alpha value is -1.12. The van der Waals surface area contributed by atoms with E-state index in [0.29, 0.717) is 5.75 Å². The minimum absolute atomic E-state index is 0.487. The number of aryl methyl sites for hydroxylation is 1. The van der Waals surface area contributed by atoms with Crippen molar-refractivity contribution in [1.29, 1.82) is 0 Å². The van der Waals surface area contributed by atoms with Crippen LogP contribution in [0.3, 0.4) is 0 Å². The number of ether oxygens (including phenoxy) is 1. The predicted molar refractivity (Wildman–Crippen MR) is 58.6 cm³/mol. The second-order valence-electron chi connectivity index (χ2n) is 3.22. The number of hydrogen-bond donors (Lipinski definition) is 0. The van der Waals surface area contributed by atoms with Gasteiger partial charge in [-0.2, -0.15) is 0 Å². The molecule has 0 heterocycles. The van der Waals surface area contributed by atoms with E-state index in [1.54, 1.807) is 12.1 Å². The number of alkyl halides is 2. The predicted octanol–water partition coefficient (Wildman–Crippen LogP) is 4.06. The molecule has 0 saturated heterocycles. The first-order valence-corrected chi connectivity index (χ1v) is 5.07. The van der Waals surface area contributed by atoms with Crippen molar-refractivity contribution in [2.24, 2.45) is 0 Å². The molecule has 0 unspecified atom stereocenters. The summed E-state index contributed by atoms with van der Waals surface area (Å²) in [7, 11) is 0. The Morgan fingerprint density at radius 1 is 1.13 bits per heavy atom. The second-order valence-corrected chi connectivity index (χ2v) is 3.22. The molecule has 0 bridgehead atoms. The largest absolute Gasteiger partial charge is 0.488 e. The summed E-state index contributed by atoms with van der Waals surface area (Å²) in [5.41, 5.74) is 1.08. The van der Waals surface area contributed by atoms with Crippen LogP contribution < -0.4 is 4.74 Å². The van der Waals surface area contributed by atoms with Gasteiger partial charge in [0.25, 0.3) is 6.43 Å². The molecule has 1 nitrogen and oxygen atoms in total. The minimum Gasteiger partial charge on any atom is -0.488 e. The summed E-state index contributed by atoms with van der Waals surface area (Å²) in [4.78, 5) is 0. The Balaban J connectivity index is 0.000000583. The molecular formula is C12H18F2O. The third-order valence-electron chi connectivity index (χ3n) is 1.40. The molecule has 0 spiro atoms. The van der Waals surface area contributed by atoms with Crippen molar-refractivity contribution in [1.82, 2.24) is 0 Å². The highest BCUT2D eigenvalue weighted by Gasteiger charge is 2.02. The lowest BCUT2D eigenvalue weighted by atomic mass is 10.2. The van der Waals surface area contributed by atoms with E-state index in [0.717, 1.165) is 5.56 Å². The molecule has 1 aromatic carbocycles. The first-order chi connectivity index (χ1) is 7.10. The number of halogens is 2. The molecule has 1 rings (SSSR count). The Labute approximate surface area is 90.1 Å². The van der Waals surface area contributed by atoms with Gasteiger partial charge in [0.05, 0.1) is 0 Å². The quantitative estimate of drug-likeness (QED) is 0.740. The Morgan fingerprint density at radius 2 is 1.60 bits per heavy atom. The van der Waals surface area contributed by atoms with Crippen LogP contribution in [0.5, 0.6) is 5.75 Å². The van der Waals surface area contributed by atoms with Crippen LogP contribution in [0.1, 0.15) is 25.8 Å². The summed E-state index contributed by atoms with van der Waals surface area (Å²) in [5, 5.41) is 0. The maximum Gasteiger partial charge on any atom is 0.272 e. The molecule has 0 saturated carbocycles. The molecule has 0 aliphatic rings. The molecule has 0 fully saturated rings. The zero-order valence-electron chi connectivity index (χ0n) is 9.47. The SMILES string of the molecule is CCC.Cc1ccc(OCC(F)F)cc1. The molecule has 0 radical (unpaired) electrons. The molecule has 0 atom stereocenters. The van der Waals surface area contributed by atoms with Crippen molar-refractivity contribution in [3.05, 3.63) is 29.8 Å². The van der Waals surface area contributed by atoms with E-state index < -0.39 is 13.0 Å². The van der Waals surface area contributed by atoms with Gasteiger partial charge in [0, 0.05) is 0 Å². The molecule has 0 aliphatic carbocycles. The van der Waals surface area contributed by atoms with Gasteiger partial charge in [-0.25, -0.2) is 8.78 Å². The van der Waals surface area contributed by atoms with E-state index in [1.807, 2.05) is 19.1 Å². The fraction of sp³-hybridized carbons (Fsp3) is 0.500.